The topological polar surface area (TPSA) is 12.0 Å². The fourth-order valence-electron chi connectivity index (χ4n) is 3.36. The Hall–Kier alpha value is 0.240. The highest BCUT2D eigenvalue weighted by Crippen LogP contribution is 2.70. The Bertz CT molecular complexity index is 478. The van der Waals surface area contributed by atoms with E-state index in [0.717, 1.165) is 21.3 Å². The van der Waals surface area contributed by atoms with Crippen LogP contribution in [0, 0.1) is 11.3 Å². The molecule has 4 heteroatoms. The Balaban J connectivity index is 1.82. The van der Waals surface area contributed by atoms with Gasteiger partial charge in [-0.15, -0.1) is 11.3 Å². The molecule has 0 bridgehead atoms. The van der Waals surface area contributed by atoms with E-state index in [1.54, 1.807) is 0 Å². The molecular weight excluding hydrogens is 285 g/mol. The van der Waals surface area contributed by atoms with E-state index in [9.17, 15) is 0 Å². The summed E-state index contributed by atoms with van der Waals surface area (Å²) in [6.45, 7) is 8.11. The monoisotopic (exact) mass is 303 g/mol. The van der Waals surface area contributed by atoms with Crippen LogP contribution in [0.5, 0.6) is 0 Å². The van der Waals surface area contributed by atoms with Crippen molar-refractivity contribution in [3.63, 3.8) is 0 Å². The second-order valence-electron chi connectivity index (χ2n) is 6.40. The number of hydrogen-bond acceptors (Lipinski definition) is 2. The second-order valence-corrected chi connectivity index (χ2v) is 8.68. The maximum Gasteiger partial charge on any atom is 0.0982 e. The van der Waals surface area contributed by atoms with Crippen LogP contribution in [0.4, 0.5) is 0 Å². The largest absolute Gasteiger partial charge is 0.314 e. The van der Waals surface area contributed by atoms with Gasteiger partial charge in [0.2, 0.25) is 0 Å². The second kappa shape index (κ2) is 4.12. The van der Waals surface area contributed by atoms with E-state index in [0.29, 0.717) is 11.3 Å². The van der Waals surface area contributed by atoms with Gasteiger partial charge in [-0.25, -0.2) is 0 Å². The van der Waals surface area contributed by atoms with Crippen LogP contribution < -0.4 is 5.32 Å². The molecule has 0 aliphatic heterocycles. The standard InChI is InChI=1S/C14H19Cl2NS/c1-13(2)10(7-17-8-4-5-8)14(13,3)9-6-11(15)18-12(9)16/h6,8,10,17H,4-5,7H2,1-3H3. The van der Waals surface area contributed by atoms with Crippen LogP contribution in [0.3, 0.4) is 0 Å². The molecule has 2 saturated carbocycles. The molecule has 100 valence electrons. The van der Waals surface area contributed by atoms with Gasteiger partial charge >= 0.3 is 0 Å². The van der Waals surface area contributed by atoms with Crippen molar-refractivity contribution in [1.82, 2.24) is 5.32 Å². The van der Waals surface area contributed by atoms with E-state index in [-0.39, 0.29) is 5.41 Å². The fraction of sp³-hybridized carbons (Fsp3) is 0.714. The lowest BCUT2D eigenvalue weighted by molar-refractivity contribution is 0.506. The molecule has 2 aliphatic rings. The van der Waals surface area contributed by atoms with Crippen molar-refractivity contribution in [2.45, 2.75) is 45.1 Å². The molecule has 0 aromatic carbocycles. The maximum absolute atomic E-state index is 6.35. The molecule has 1 aromatic rings. The molecule has 1 heterocycles. The Morgan fingerprint density at radius 3 is 2.50 bits per heavy atom. The third kappa shape index (κ3) is 1.84. The zero-order valence-electron chi connectivity index (χ0n) is 11.0. The maximum atomic E-state index is 6.35. The Morgan fingerprint density at radius 2 is 2.00 bits per heavy atom. The van der Waals surface area contributed by atoms with Gasteiger partial charge < -0.3 is 5.32 Å². The normalized spacial score (nSPS) is 33.7. The van der Waals surface area contributed by atoms with Crippen molar-refractivity contribution < 1.29 is 0 Å². The minimum absolute atomic E-state index is 0.162. The Labute approximate surface area is 123 Å². The molecule has 0 radical (unpaired) electrons. The van der Waals surface area contributed by atoms with Gasteiger partial charge in [0.15, 0.2) is 0 Å². The van der Waals surface area contributed by atoms with Crippen LogP contribution in [0.1, 0.15) is 39.2 Å². The average molecular weight is 304 g/mol. The lowest BCUT2D eigenvalue weighted by Crippen LogP contribution is -2.22. The van der Waals surface area contributed by atoms with Gasteiger partial charge in [0.1, 0.15) is 0 Å². The van der Waals surface area contributed by atoms with E-state index in [1.807, 2.05) is 0 Å². The first kappa shape index (κ1) is 13.2. The molecule has 0 amide bonds. The number of halogens is 2. The van der Waals surface area contributed by atoms with Gasteiger partial charge in [0.25, 0.3) is 0 Å². The summed E-state index contributed by atoms with van der Waals surface area (Å²) in [6.07, 6.45) is 2.68. The zero-order chi connectivity index (χ0) is 13.1. The lowest BCUT2D eigenvalue weighted by atomic mass is 9.92. The Morgan fingerprint density at radius 1 is 1.33 bits per heavy atom. The fourth-order valence-corrected chi connectivity index (χ4v) is 5.05. The van der Waals surface area contributed by atoms with Crippen molar-refractivity contribution in [1.29, 1.82) is 0 Å². The summed E-state index contributed by atoms with van der Waals surface area (Å²) in [5.74, 6) is 0.647. The van der Waals surface area contributed by atoms with Crippen molar-refractivity contribution in [3.05, 3.63) is 20.3 Å². The molecule has 2 aliphatic carbocycles. The third-order valence-corrected chi connectivity index (χ3v) is 6.72. The van der Waals surface area contributed by atoms with E-state index < -0.39 is 0 Å². The quantitative estimate of drug-likeness (QED) is 0.848. The molecule has 1 nitrogen and oxygen atoms in total. The highest BCUT2D eigenvalue weighted by molar-refractivity contribution is 7.20. The van der Waals surface area contributed by atoms with Crippen molar-refractivity contribution >= 4 is 34.5 Å². The first-order valence-electron chi connectivity index (χ1n) is 6.56. The molecule has 0 saturated heterocycles. The van der Waals surface area contributed by atoms with Crippen LogP contribution in [0.2, 0.25) is 8.67 Å². The highest BCUT2D eigenvalue weighted by atomic mass is 35.5. The summed E-state index contributed by atoms with van der Waals surface area (Å²) in [6, 6.07) is 2.83. The summed E-state index contributed by atoms with van der Waals surface area (Å²) in [5.41, 5.74) is 1.70. The zero-order valence-corrected chi connectivity index (χ0v) is 13.3. The predicted octanol–water partition coefficient (Wildman–Crippen LogP) is 4.72. The van der Waals surface area contributed by atoms with E-state index in [1.165, 1.54) is 29.7 Å². The molecule has 0 spiro atoms. The first-order chi connectivity index (χ1) is 8.37. The molecule has 2 unspecified atom stereocenters. The molecular formula is C14H19Cl2NS. The Kier molecular flexibility index (Phi) is 3.03. The van der Waals surface area contributed by atoms with Crippen molar-refractivity contribution in [2.75, 3.05) is 6.54 Å². The number of thiophene rings is 1. The predicted molar refractivity (Wildman–Crippen MR) is 80.0 cm³/mol. The number of hydrogen-bond donors (Lipinski definition) is 1. The smallest absolute Gasteiger partial charge is 0.0982 e. The van der Waals surface area contributed by atoms with Gasteiger partial charge in [0.05, 0.1) is 8.67 Å². The van der Waals surface area contributed by atoms with E-state index in [4.69, 9.17) is 23.2 Å². The number of rotatable bonds is 4. The lowest BCUT2D eigenvalue weighted by Gasteiger charge is -2.13. The number of nitrogens with one attached hydrogen (secondary N) is 1. The molecule has 2 fully saturated rings. The van der Waals surface area contributed by atoms with Crippen molar-refractivity contribution in [3.8, 4) is 0 Å². The third-order valence-electron chi connectivity index (χ3n) is 5.23. The molecule has 1 N–H and O–H groups in total. The first-order valence-corrected chi connectivity index (χ1v) is 8.13. The van der Waals surface area contributed by atoms with Crippen LogP contribution in [-0.2, 0) is 5.41 Å². The van der Waals surface area contributed by atoms with Gasteiger partial charge in [0, 0.05) is 11.5 Å². The van der Waals surface area contributed by atoms with E-state index in [2.05, 4.69) is 32.2 Å². The van der Waals surface area contributed by atoms with Crippen molar-refractivity contribution in [2.24, 2.45) is 11.3 Å². The molecule has 2 atom stereocenters. The molecule has 3 rings (SSSR count). The average Bonchev–Trinajstić information content (AvgIpc) is 3.11. The van der Waals surface area contributed by atoms with Gasteiger partial charge in [-0.05, 0) is 42.3 Å². The van der Waals surface area contributed by atoms with Gasteiger partial charge in [-0.1, -0.05) is 44.0 Å². The van der Waals surface area contributed by atoms with Crippen LogP contribution in [-0.4, -0.2) is 12.6 Å². The molecule has 1 aromatic heterocycles. The summed E-state index contributed by atoms with van der Waals surface area (Å²) in [5, 5.41) is 3.65. The summed E-state index contributed by atoms with van der Waals surface area (Å²) in [7, 11) is 0. The SMILES string of the molecule is CC1(C)C(CNC2CC2)C1(C)c1cc(Cl)sc1Cl. The summed E-state index contributed by atoms with van der Waals surface area (Å²) in [4.78, 5) is 0. The minimum atomic E-state index is 0.162. The van der Waals surface area contributed by atoms with E-state index >= 15 is 0 Å². The minimum Gasteiger partial charge on any atom is -0.314 e. The van der Waals surface area contributed by atoms with Crippen LogP contribution in [0.25, 0.3) is 0 Å². The van der Waals surface area contributed by atoms with Crippen LogP contribution >= 0.6 is 34.5 Å². The van der Waals surface area contributed by atoms with Gasteiger partial charge in [-0.3, -0.25) is 0 Å². The highest BCUT2D eigenvalue weighted by Gasteiger charge is 2.68. The van der Waals surface area contributed by atoms with Gasteiger partial charge in [-0.2, -0.15) is 0 Å². The summed E-state index contributed by atoms with van der Waals surface area (Å²) < 4.78 is 1.66. The van der Waals surface area contributed by atoms with Crippen LogP contribution in [0.15, 0.2) is 6.07 Å². The summed E-state index contributed by atoms with van der Waals surface area (Å²) >= 11 is 13.9. The molecule has 18 heavy (non-hydrogen) atoms.